The summed E-state index contributed by atoms with van der Waals surface area (Å²) in [6.45, 7) is 0. The van der Waals surface area contributed by atoms with E-state index in [1.54, 1.807) is 18.2 Å². The fourth-order valence-corrected chi connectivity index (χ4v) is 2.37. The Kier molecular flexibility index (Phi) is 5.85. The summed E-state index contributed by atoms with van der Waals surface area (Å²) in [5.41, 5.74) is 3.49. The third-order valence-electron chi connectivity index (χ3n) is 2.52. The number of carbonyl (C=O) groups excluding carboxylic acids is 2. The SMILES string of the molecule is O=C(NN=Cc1cccc(Br)c1)C(=O)Nc1cccc(Br)c1. The third-order valence-corrected chi connectivity index (χ3v) is 3.50. The van der Waals surface area contributed by atoms with E-state index in [1.165, 1.54) is 6.21 Å². The van der Waals surface area contributed by atoms with Crippen LogP contribution in [0.2, 0.25) is 0 Å². The maximum atomic E-state index is 11.7. The first-order valence-electron chi connectivity index (χ1n) is 6.20. The summed E-state index contributed by atoms with van der Waals surface area (Å²) in [6, 6.07) is 14.3. The molecule has 2 aromatic rings. The molecule has 0 spiro atoms. The summed E-state index contributed by atoms with van der Waals surface area (Å²) in [4.78, 5) is 23.3. The van der Waals surface area contributed by atoms with Crippen molar-refractivity contribution in [1.29, 1.82) is 0 Å². The van der Waals surface area contributed by atoms with Crippen molar-refractivity contribution in [2.45, 2.75) is 0 Å². The van der Waals surface area contributed by atoms with Crippen LogP contribution in [0, 0.1) is 0 Å². The minimum Gasteiger partial charge on any atom is -0.318 e. The first-order valence-corrected chi connectivity index (χ1v) is 7.79. The summed E-state index contributed by atoms with van der Waals surface area (Å²) in [5, 5.41) is 6.23. The van der Waals surface area contributed by atoms with E-state index in [2.05, 4.69) is 47.7 Å². The lowest BCUT2D eigenvalue weighted by Crippen LogP contribution is -2.32. The van der Waals surface area contributed by atoms with Crippen molar-refractivity contribution in [2.24, 2.45) is 5.10 Å². The Morgan fingerprint density at radius 2 is 1.64 bits per heavy atom. The second-order valence-electron chi connectivity index (χ2n) is 4.22. The molecule has 0 heterocycles. The van der Waals surface area contributed by atoms with Crippen LogP contribution in [0.5, 0.6) is 0 Å². The number of amides is 2. The largest absolute Gasteiger partial charge is 0.329 e. The molecule has 5 nitrogen and oxygen atoms in total. The molecule has 0 aromatic heterocycles. The highest BCUT2D eigenvalue weighted by molar-refractivity contribution is 9.10. The maximum absolute atomic E-state index is 11.7. The Morgan fingerprint density at radius 3 is 2.32 bits per heavy atom. The van der Waals surface area contributed by atoms with Crippen molar-refractivity contribution < 1.29 is 9.59 Å². The maximum Gasteiger partial charge on any atom is 0.329 e. The number of rotatable bonds is 3. The molecular weight excluding hydrogens is 414 g/mol. The zero-order chi connectivity index (χ0) is 15.9. The van der Waals surface area contributed by atoms with Crippen molar-refractivity contribution in [1.82, 2.24) is 5.43 Å². The van der Waals surface area contributed by atoms with Gasteiger partial charge in [-0.25, -0.2) is 5.43 Å². The number of nitrogens with zero attached hydrogens (tertiary/aromatic N) is 1. The standard InChI is InChI=1S/C15H11Br2N3O2/c16-11-4-1-3-10(7-11)9-18-20-15(22)14(21)19-13-6-2-5-12(17)8-13/h1-9H,(H,19,21)(H,20,22). The number of nitrogens with one attached hydrogen (secondary N) is 2. The molecule has 2 N–H and O–H groups in total. The van der Waals surface area contributed by atoms with E-state index < -0.39 is 11.8 Å². The summed E-state index contributed by atoms with van der Waals surface area (Å²) >= 11 is 6.62. The summed E-state index contributed by atoms with van der Waals surface area (Å²) < 4.78 is 1.70. The molecule has 0 aliphatic rings. The molecular formula is C15H11Br2N3O2. The van der Waals surface area contributed by atoms with Gasteiger partial charge in [0, 0.05) is 14.6 Å². The van der Waals surface area contributed by atoms with Gasteiger partial charge in [0.05, 0.1) is 6.21 Å². The van der Waals surface area contributed by atoms with Gasteiger partial charge in [0.1, 0.15) is 0 Å². The Morgan fingerprint density at radius 1 is 0.955 bits per heavy atom. The number of carbonyl (C=O) groups is 2. The molecule has 0 atom stereocenters. The zero-order valence-electron chi connectivity index (χ0n) is 11.2. The van der Waals surface area contributed by atoms with E-state index in [4.69, 9.17) is 0 Å². The van der Waals surface area contributed by atoms with Crippen LogP contribution in [-0.4, -0.2) is 18.0 Å². The van der Waals surface area contributed by atoms with E-state index in [-0.39, 0.29) is 0 Å². The molecule has 0 radical (unpaired) electrons. The fourth-order valence-electron chi connectivity index (χ4n) is 1.56. The molecule has 0 saturated heterocycles. The van der Waals surface area contributed by atoms with Gasteiger partial charge >= 0.3 is 11.8 Å². The molecule has 2 rings (SSSR count). The van der Waals surface area contributed by atoms with Crippen molar-refractivity contribution in [3.05, 3.63) is 63.0 Å². The van der Waals surface area contributed by atoms with Gasteiger partial charge in [-0.15, -0.1) is 0 Å². The van der Waals surface area contributed by atoms with E-state index in [9.17, 15) is 9.59 Å². The molecule has 2 aromatic carbocycles. The van der Waals surface area contributed by atoms with Crippen LogP contribution in [-0.2, 0) is 9.59 Å². The molecule has 2 amide bonds. The van der Waals surface area contributed by atoms with Gasteiger partial charge in [0.2, 0.25) is 0 Å². The molecule has 0 aliphatic carbocycles. The highest BCUT2D eigenvalue weighted by atomic mass is 79.9. The minimum absolute atomic E-state index is 0.519. The average Bonchev–Trinajstić information content (AvgIpc) is 2.47. The lowest BCUT2D eigenvalue weighted by Gasteiger charge is -2.04. The second kappa shape index (κ2) is 7.86. The van der Waals surface area contributed by atoms with Crippen LogP contribution in [0.25, 0.3) is 0 Å². The average molecular weight is 425 g/mol. The van der Waals surface area contributed by atoms with Crippen molar-refractivity contribution in [3.8, 4) is 0 Å². The summed E-state index contributed by atoms with van der Waals surface area (Å²) in [7, 11) is 0. The monoisotopic (exact) mass is 423 g/mol. The molecule has 0 saturated carbocycles. The summed E-state index contributed by atoms with van der Waals surface area (Å²) in [5.74, 6) is -1.63. The molecule has 112 valence electrons. The fraction of sp³-hybridized carbons (Fsp3) is 0. The quantitative estimate of drug-likeness (QED) is 0.450. The zero-order valence-corrected chi connectivity index (χ0v) is 14.4. The Hall–Kier alpha value is -1.99. The van der Waals surface area contributed by atoms with Gasteiger partial charge < -0.3 is 5.32 Å². The smallest absolute Gasteiger partial charge is 0.318 e. The third kappa shape index (κ3) is 5.09. The van der Waals surface area contributed by atoms with E-state index >= 15 is 0 Å². The van der Waals surface area contributed by atoms with Crippen LogP contribution in [0.3, 0.4) is 0 Å². The van der Waals surface area contributed by atoms with E-state index in [0.717, 1.165) is 14.5 Å². The van der Waals surface area contributed by atoms with Gasteiger partial charge in [-0.3, -0.25) is 9.59 Å². The minimum atomic E-state index is -0.841. The predicted molar refractivity (Wildman–Crippen MR) is 92.7 cm³/mol. The number of hydrogen-bond acceptors (Lipinski definition) is 3. The van der Waals surface area contributed by atoms with Gasteiger partial charge in [0.15, 0.2) is 0 Å². The number of hydrazone groups is 1. The van der Waals surface area contributed by atoms with Crippen LogP contribution in [0.4, 0.5) is 5.69 Å². The number of hydrogen-bond donors (Lipinski definition) is 2. The molecule has 7 heteroatoms. The van der Waals surface area contributed by atoms with E-state index in [0.29, 0.717) is 5.69 Å². The Labute approximate surface area is 144 Å². The lowest BCUT2D eigenvalue weighted by molar-refractivity contribution is -0.136. The molecule has 0 fully saturated rings. The topological polar surface area (TPSA) is 70.6 Å². The summed E-state index contributed by atoms with van der Waals surface area (Å²) in [6.07, 6.45) is 1.45. The molecule has 0 unspecified atom stereocenters. The van der Waals surface area contributed by atoms with Crippen molar-refractivity contribution in [2.75, 3.05) is 5.32 Å². The normalized spacial score (nSPS) is 10.5. The van der Waals surface area contributed by atoms with Crippen molar-refractivity contribution in [3.63, 3.8) is 0 Å². The van der Waals surface area contributed by atoms with Crippen molar-refractivity contribution >= 4 is 55.6 Å². The highest BCUT2D eigenvalue weighted by Crippen LogP contribution is 2.15. The van der Waals surface area contributed by atoms with Gasteiger partial charge in [-0.2, -0.15) is 5.10 Å². The van der Waals surface area contributed by atoms with Gasteiger partial charge in [0.25, 0.3) is 0 Å². The second-order valence-corrected chi connectivity index (χ2v) is 6.05. The molecule has 22 heavy (non-hydrogen) atoms. The predicted octanol–water partition coefficient (Wildman–Crippen LogP) is 3.30. The van der Waals surface area contributed by atoms with Crippen LogP contribution in [0.15, 0.2) is 62.6 Å². The molecule has 0 bridgehead atoms. The van der Waals surface area contributed by atoms with Crippen LogP contribution in [0.1, 0.15) is 5.56 Å². The lowest BCUT2D eigenvalue weighted by atomic mass is 10.2. The number of benzene rings is 2. The number of halogens is 2. The molecule has 0 aliphatic heterocycles. The van der Waals surface area contributed by atoms with E-state index in [1.807, 2.05) is 30.3 Å². The van der Waals surface area contributed by atoms with Gasteiger partial charge in [-0.1, -0.05) is 50.1 Å². The van der Waals surface area contributed by atoms with Gasteiger partial charge in [-0.05, 0) is 35.9 Å². The first kappa shape index (κ1) is 16.4. The Balaban J connectivity index is 1.90. The first-order chi connectivity index (χ1) is 10.5. The number of anilines is 1. The van der Waals surface area contributed by atoms with Crippen LogP contribution < -0.4 is 10.7 Å². The highest BCUT2D eigenvalue weighted by Gasteiger charge is 2.12. The Bertz CT molecular complexity index is 732. The van der Waals surface area contributed by atoms with Crippen LogP contribution >= 0.6 is 31.9 Å².